The highest BCUT2D eigenvalue weighted by Crippen LogP contribution is 2.45. The highest BCUT2D eigenvalue weighted by molar-refractivity contribution is 5.68. The molecule has 22 heterocycles. The van der Waals surface area contributed by atoms with E-state index in [2.05, 4.69) is 83.1 Å². The lowest BCUT2D eigenvalue weighted by molar-refractivity contribution is -0.410. The number of hydrogen-bond donors (Lipinski definition) is 0. The van der Waals surface area contributed by atoms with E-state index in [1.807, 2.05) is 0 Å². The molecule has 0 N–H and O–H groups in total. The minimum absolute atomic E-state index is 0.0647. The van der Waals surface area contributed by atoms with Gasteiger partial charge in [0, 0.05) is 121 Å². The maximum Gasteiger partial charge on any atom is 0.303 e. The van der Waals surface area contributed by atoms with Crippen molar-refractivity contribution in [2.24, 2.45) is 0 Å². The highest BCUT2D eigenvalue weighted by atomic mass is 16.8. The van der Waals surface area contributed by atoms with Crippen molar-refractivity contribution in [2.45, 2.75) is 540 Å². The molecular weight excluding hydrogens is 1870 g/mol. The van der Waals surface area contributed by atoms with Crippen LogP contribution in [0.3, 0.4) is 0 Å². The largest absolute Gasteiger partial charge is 0.457 e. The molecule has 840 valence electrons. The molecule has 0 aromatic heterocycles. The summed E-state index contributed by atoms with van der Waals surface area (Å²) in [5.41, 5.74) is 0. The van der Waals surface area contributed by atoms with Crippen molar-refractivity contribution in [1.82, 2.24) is 0 Å². The van der Waals surface area contributed by atoms with Crippen molar-refractivity contribution in [3.63, 3.8) is 0 Å². The smallest absolute Gasteiger partial charge is 0.303 e. The lowest BCUT2D eigenvalue weighted by Crippen LogP contribution is -2.71. The molecule has 30 atom stereocenters. The summed E-state index contributed by atoms with van der Waals surface area (Å²) in [7, 11) is 0. The van der Waals surface area contributed by atoms with Crippen LogP contribution in [0.25, 0.3) is 0 Å². The fourth-order valence-corrected chi connectivity index (χ4v) is 19.0. The molecule has 0 spiro atoms. The minimum Gasteiger partial charge on any atom is -0.457 e. The second-order valence-corrected chi connectivity index (χ2v) is 39.3. The molecule has 0 saturated carbocycles. The van der Waals surface area contributed by atoms with E-state index in [9.17, 15) is 28.8 Å². The van der Waals surface area contributed by atoms with Crippen LogP contribution in [-0.4, -0.2) is 339 Å². The summed E-state index contributed by atoms with van der Waals surface area (Å²) >= 11 is 0. The van der Waals surface area contributed by atoms with E-state index in [4.69, 9.17) is 142 Å². The molecule has 22 fully saturated rings. The van der Waals surface area contributed by atoms with Gasteiger partial charge in [-0.1, -0.05) is 237 Å². The average Bonchev–Trinajstić information content (AvgIpc) is 0.750. The van der Waals surface area contributed by atoms with E-state index in [0.717, 1.165) is 154 Å². The predicted octanol–water partition coefficient (Wildman–Crippen LogP) is 16.9. The number of rotatable bonds is 72. The first-order valence-corrected chi connectivity index (χ1v) is 56.1. The Hall–Kier alpha value is -4.14. The van der Waals surface area contributed by atoms with Gasteiger partial charge in [-0.05, 0) is 77.0 Å². The molecule has 36 nitrogen and oxygen atoms in total. The Labute approximate surface area is 861 Å². The number of unbranched alkanes of at least 4 members (excludes halogenated alkanes) is 24. The van der Waals surface area contributed by atoms with Crippen LogP contribution in [0.5, 0.6) is 0 Å². The molecule has 0 radical (unpaired) electrons. The van der Waals surface area contributed by atoms with E-state index in [-0.39, 0.29) is 119 Å². The molecule has 0 amide bonds. The second kappa shape index (κ2) is 74.8. The van der Waals surface area contributed by atoms with Crippen LogP contribution in [0.1, 0.15) is 356 Å². The molecule has 12 bridgehead atoms. The highest BCUT2D eigenvalue weighted by Gasteiger charge is 2.64. The van der Waals surface area contributed by atoms with Gasteiger partial charge in [0.1, 0.15) is 110 Å². The summed E-state index contributed by atoms with van der Waals surface area (Å²) in [6, 6.07) is 0. The van der Waals surface area contributed by atoms with Gasteiger partial charge in [-0.25, -0.2) is 0 Å². The zero-order chi connectivity index (χ0) is 104. The summed E-state index contributed by atoms with van der Waals surface area (Å²) in [6.45, 7) is 33.1. The van der Waals surface area contributed by atoms with Crippen molar-refractivity contribution in [2.75, 3.05) is 119 Å². The second-order valence-electron chi connectivity index (χ2n) is 39.3. The first kappa shape index (κ1) is 127. The van der Waals surface area contributed by atoms with Crippen LogP contribution in [-0.2, 0) is 171 Å². The third-order valence-electron chi connectivity index (χ3n) is 26.5. The van der Waals surface area contributed by atoms with Crippen LogP contribution >= 0.6 is 0 Å². The Kier molecular flexibility index (Phi) is 65.8. The van der Waals surface area contributed by atoms with Gasteiger partial charge in [0.15, 0.2) is 74.4 Å². The quantitative estimate of drug-likeness (QED) is 0.0310. The zero-order valence-electron chi connectivity index (χ0n) is 91.2. The molecule has 22 aliphatic heterocycles. The van der Waals surface area contributed by atoms with Crippen molar-refractivity contribution in [1.29, 1.82) is 0 Å². The Bertz CT molecular complexity index is 2790. The van der Waals surface area contributed by atoms with Gasteiger partial charge in [0.2, 0.25) is 0 Å². The monoisotopic (exact) mass is 2070 g/mol. The van der Waals surface area contributed by atoms with E-state index >= 15 is 0 Å². The number of carbonyl (C=O) groups is 6. The van der Waals surface area contributed by atoms with Gasteiger partial charge in [-0.2, -0.15) is 0 Å². The molecule has 22 saturated heterocycles. The van der Waals surface area contributed by atoms with Crippen LogP contribution in [0, 0.1) is 0 Å². The summed E-state index contributed by atoms with van der Waals surface area (Å²) < 4.78 is 215. The molecule has 144 heavy (non-hydrogen) atoms. The molecule has 0 aromatic carbocycles. The Morgan fingerprint density at radius 1 is 0.160 bits per heavy atom. The fourth-order valence-electron chi connectivity index (χ4n) is 19.0. The first-order valence-electron chi connectivity index (χ1n) is 56.1. The van der Waals surface area contributed by atoms with Gasteiger partial charge < -0.3 is 142 Å². The lowest BCUT2D eigenvalue weighted by Gasteiger charge is -2.53. The number of esters is 6. The third kappa shape index (κ3) is 44.1. The molecular formula is C108H192O36. The normalized spacial score (nSPS) is 31.5. The maximum absolute atomic E-state index is 14.6. The Balaban J connectivity index is 1.69. The molecule has 22 rings (SSSR count). The van der Waals surface area contributed by atoms with E-state index < -0.39 is 220 Å². The number of ether oxygens (including phenoxy) is 30. The molecule has 0 unspecified atom stereocenters. The SMILES string of the molecule is CCCCCOC[C@H]1O[C@@H]2O[C@H]3[C@H](OC(C)=O)[C@@H](OCCCCC)[C@@H](O[C@H]4[C@H](OC(C)=O)[C@@H](OCCCCC)[C@@H](O[C@H]5[C@H](OC(C)=O)[C@@H](OCCCCC)[C@@H](O[C@H]6[C@H](OC(C)=O)[C@@H](OCCCCC)[C@@H](O[C@H]7[C@H](OC(C)=O)[C@@H](OCCCCC)[C@@H](O[C@H]1[C@H](OC(C)=O)[C@H]2OCCCCC)O[C@@H]7COCCCCC)O[C@@H]6COCCCCC)O[C@@H]5COCCCCC)O[C@@H]4COCCCCC)O[C@@H]3COCCCCC. The van der Waals surface area contributed by atoms with Gasteiger partial charge in [0.05, 0.1) is 39.6 Å². The Morgan fingerprint density at radius 2 is 0.278 bits per heavy atom. The summed E-state index contributed by atoms with van der Waals surface area (Å²) in [6.07, 6.45) is -17.5. The predicted molar refractivity (Wildman–Crippen MR) is 532 cm³/mol. The van der Waals surface area contributed by atoms with Crippen LogP contribution < -0.4 is 0 Å². The molecule has 22 aliphatic rings. The summed E-state index contributed by atoms with van der Waals surface area (Å²) in [5, 5.41) is 0. The maximum atomic E-state index is 14.6. The minimum atomic E-state index is -1.61. The van der Waals surface area contributed by atoms with Crippen LogP contribution in [0.15, 0.2) is 0 Å². The summed E-state index contributed by atoms with van der Waals surface area (Å²) in [4.78, 5) is 87.8. The molecule has 0 aromatic rings. The van der Waals surface area contributed by atoms with Gasteiger partial charge in [0.25, 0.3) is 0 Å². The third-order valence-corrected chi connectivity index (χ3v) is 26.5. The van der Waals surface area contributed by atoms with Crippen molar-refractivity contribution in [3.8, 4) is 0 Å². The Morgan fingerprint density at radius 3 is 0.389 bits per heavy atom. The average molecular weight is 2070 g/mol. The topological polar surface area (TPSA) is 379 Å². The number of hydrogen-bond acceptors (Lipinski definition) is 36. The zero-order valence-corrected chi connectivity index (χ0v) is 91.2. The van der Waals surface area contributed by atoms with Gasteiger partial charge in [-0.15, -0.1) is 0 Å². The van der Waals surface area contributed by atoms with E-state index in [1.54, 1.807) is 0 Å². The summed E-state index contributed by atoms with van der Waals surface area (Å²) in [5.74, 6) is -4.49. The fraction of sp³-hybridized carbons (Fsp3) is 0.944. The number of carbonyl (C=O) groups excluding carboxylic acids is 6. The lowest BCUT2D eigenvalue weighted by atomic mass is 9.94. The van der Waals surface area contributed by atoms with E-state index in [1.165, 1.54) is 41.5 Å². The van der Waals surface area contributed by atoms with Crippen LogP contribution in [0.2, 0.25) is 0 Å². The van der Waals surface area contributed by atoms with Crippen LogP contribution in [0.4, 0.5) is 0 Å². The van der Waals surface area contributed by atoms with Gasteiger partial charge in [-0.3, -0.25) is 28.8 Å². The van der Waals surface area contributed by atoms with Gasteiger partial charge >= 0.3 is 35.8 Å². The van der Waals surface area contributed by atoms with Crippen molar-refractivity contribution >= 4 is 35.8 Å². The molecule has 36 heteroatoms. The standard InChI is InChI=1S/C108H192O36/c1-19-31-43-55-115-67-79-85-91(127-73(13)109)97(121-61-49-37-25-7)103(133-79)140-86-80(68-116-56-44-32-20-2)135-105(99(92(86)128-74(14)110)123-63-51-39-27-9)142-88-82(70-118-58-46-34-22-4)137-107(101(94(88)130-76(16)112)125-65-53-41-29-11)144-90-84(72-120-60-48-36-24-6)138-108(102(96(90)132-78(18)114)126-66-54-42-30-12)143-89-83(71-119-59-47-35-23-5)136-106(100(95(89)131-77(17)113)124-64-52-40-28-10)141-87-81(69-117-57-45-33-21-3)134-104(139-85)98(93(87)129-75(15)111)122-62-50-38-26-8/h79-108H,19-72H2,1-18H3/t79-,80-,81-,82-,83-,84-,85-,86-,87-,88-,89-,90-,91+,92+,93+,94+,95+,96+,97-,98-,99-,100-,101-,102-,103-,104-,105-,106-,107-,108-/m1/s1. The van der Waals surface area contributed by atoms with Crippen molar-refractivity contribution in [3.05, 3.63) is 0 Å². The first-order chi connectivity index (χ1) is 70.0. The molecule has 0 aliphatic carbocycles. The van der Waals surface area contributed by atoms with E-state index in [0.29, 0.717) is 77.0 Å². The van der Waals surface area contributed by atoms with Crippen molar-refractivity contribution < 1.29 is 171 Å².